The fraction of sp³-hybridized carbons (Fsp3) is 0.250. The number of aromatic nitrogens is 2. The lowest BCUT2D eigenvalue weighted by Gasteiger charge is -2.19. The van der Waals surface area contributed by atoms with Crippen LogP contribution in [0.25, 0.3) is 11.3 Å². The van der Waals surface area contributed by atoms with Crippen molar-refractivity contribution in [1.82, 2.24) is 14.9 Å². The Morgan fingerprint density at radius 3 is 2.88 bits per heavy atom. The van der Waals surface area contributed by atoms with Gasteiger partial charge in [-0.1, -0.05) is 6.07 Å². The van der Waals surface area contributed by atoms with Crippen LogP contribution in [0, 0.1) is 0 Å². The van der Waals surface area contributed by atoms with Gasteiger partial charge in [0, 0.05) is 49.7 Å². The van der Waals surface area contributed by atoms with Gasteiger partial charge in [-0.2, -0.15) is 0 Å². The lowest BCUT2D eigenvalue weighted by Crippen LogP contribution is -2.25. The summed E-state index contributed by atoms with van der Waals surface area (Å²) < 4.78 is 5.11. The fourth-order valence-electron chi connectivity index (χ4n) is 3.37. The summed E-state index contributed by atoms with van der Waals surface area (Å²) in [5.41, 5.74) is 4.57. The average molecular weight is 349 g/mol. The van der Waals surface area contributed by atoms with E-state index in [0.29, 0.717) is 11.3 Å². The molecule has 0 unspecified atom stereocenters. The van der Waals surface area contributed by atoms with E-state index in [4.69, 9.17) is 9.40 Å². The molecule has 1 aliphatic rings. The number of hydrogen-bond acceptors (Lipinski definition) is 5. The van der Waals surface area contributed by atoms with Gasteiger partial charge in [-0.25, -0.2) is 4.79 Å². The predicted octanol–water partition coefficient (Wildman–Crippen LogP) is 3.04. The molecule has 1 aliphatic heterocycles. The highest BCUT2D eigenvalue weighted by molar-refractivity contribution is 5.95. The lowest BCUT2D eigenvalue weighted by atomic mass is 10.0. The molecule has 3 aromatic heterocycles. The molecular weight excluding hydrogens is 330 g/mol. The van der Waals surface area contributed by atoms with E-state index in [9.17, 15) is 9.90 Å². The van der Waals surface area contributed by atoms with E-state index < -0.39 is 5.97 Å². The maximum Gasteiger partial charge on any atom is 0.337 e. The van der Waals surface area contributed by atoms with Crippen LogP contribution >= 0.6 is 0 Å². The third-order valence-corrected chi connectivity index (χ3v) is 4.71. The molecule has 1 N–H and O–H groups in total. The second-order valence-corrected chi connectivity index (χ2v) is 6.44. The van der Waals surface area contributed by atoms with E-state index in [1.807, 2.05) is 12.3 Å². The van der Waals surface area contributed by atoms with Crippen molar-refractivity contribution in [2.24, 2.45) is 0 Å². The molecule has 4 rings (SSSR count). The zero-order valence-electron chi connectivity index (χ0n) is 14.3. The summed E-state index contributed by atoms with van der Waals surface area (Å²) >= 11 is 0. The van der Waals surface area contributed by atoms with Crippen molar-refractivity contribution >= 4 is 5.97 Å². The number of hydrogen-bond donors (Lipinski definition) is 1. The molecule has 0 radical (unpaired) electrons. The summed E-state index contributed by atoms with van der Waals surface area (Å²) in [5.74, 6) is -0.965. The summed E-state index contributed by atoms with van der Waals surface area (Å²) in [5, 5.41) is 9.60. The molecule has 0 saturated carbocycles. The van der Waals surface area contributed by atoms with Gasteiger partial charge in [0.25, 0.3) is 0 Å². The number of carboxylic acids is 1. The van der Waals surface area contributed by atoms with Gasteiger partial charge in [0.1, 0.15) is 0 Å². The fourth-order valence-corrected chi connectivity index (χ4v) is 3.37. The number of rotatable bonds is 4. The first-order chi connectivity index (χ1) is 12.7. The van der Waals surface area contributed by atoms with Crippen LogP contribution in [0.5, 0.6) is 0 Å². The molecule has 0 aromatic carbocycles. The minimum absolute atomic E-state index is 0.228. The number of carboxylic acid groups (broad SMARTS) is 1. The van der Waals surface area contributed by atoms with Gasteiger partial charge < -0.3 is 9.52 Å². The van der Waals surface area contributed by atoms with Gasteiger partial charge >= 0.3 is 5.97 Å². The third kappa shape index (κ3) is 3.36. The molecule has 0 spiro atoms. The second kappa shape index (κ2) is 7.09. The van der Waals surface area contributed by atoms with Gasteiger partial charge in [0.15, 0.2) is 0 Å². The first-order valence-electron chi connectivity index (χ1n) is 8.60. The van der Waals surface area contributed by atoms with Crippen molar-refractivity contribution in [3.8, 4) is 11.3 Å². The number of furan rings is 1. The van der Waals surface area contributed by atoms with Crippen molar-refractivity contribution in [1.29, 1.82) is 0 Å². The number of carbonyl (C=O) groups is 1. The molecule has 6 nitrogen and oxygen atoms in total. The summed E-state index contributed by atoms with van der Waals surface area (Å²) in [6.07, 6.45) is 8.30. The maximum atomic E-state index is 11.7. The molecule has 0 fully saturated rings. The largest absolute Gasteiger partial charge is 0.478 e. The first kappa shape index (κ1) is 16.5. The maximum absolute atomic E-state index is 11.7. The Morgan fingerprint density at radius 2 is 2.15 bits per heavy atom. The van der Waals surface area contributed by atoms with Crippen LogP contribution in [0.2, 0.25) is 0 Å². The molecule has 26 heavy (non-hydrogen) atoms. The number of nitrogens with zero attached hydrogens (tertiary/aromatic N) is 3. The van der Waals surface area contributed by atoms with Crippen LogP contribution < -0.4 is 0 Å². The van der Waals surface area contributed by atoms with Crippen molar-refractivity contribution in [2.45, 2.75) is 19.4 Å². The van der Waals surface area contributed by atoms with Gasteiger partial charge in [0.05, 0.1) is 23.8 Å². The van der Waals surface area contributed by atoms with Crippen molar-refractivity contribution < 1.29 is 14.3 Å². The highest BCUT2D eigenvalue weighted by Crippen LogP contribution is 2.27. The molecule has 0 amide bonds. The Bertz CT molecular complexity index is 908. The third-order valence-electron chi connectivity index (χ3n) is 4.71. The van der Waals surface area contributed by atoms with Crippen LogP contribution in [0.3, 0.4) is 0 Å². The molecule has 4 heterocycles. The summed E-state index contributed by atoms with van der Waals surface area (Å²) in [4.78, 5) is 22.9. The topological polar surface area (TPSA) is 79.5 Å². The van der Waals surface area contributed by atoms with E-state index in [1.165, 1.54) is 18.1 Å². The molecule has 0 atom stereocenters. The molecule has 0 saturated heterocycles. The van der Waals surface area contributed by atoms with Crippen LogP contribution in [0.15, 0.2) is 53.6 Å². The summed E-state index contributed by atoms with van der Waals surface area (Å²) in [6, 6.07) is 7.54. The SMILES string of the molecule is O=C(O)c1cc2c(nc1-c1ccoc1)CCN(Cc1cccnc1)CC2. The van der Waals surface area contributed by atoms with Gasteiger partial charge in [-0.3, -0.25) is 14.9 Å². The number of aromatic carboxylic acids is 1. The van der Waals surface area contributed by atoms with Gasteiger partial charge in [-0.05, 0) is 35.7 Å². The van der Waals surface area contributed by atoms with Crippen molar-refractivity contribution in [3.05, 3.63) is 71.6 Å². The van der Waals surface area contributed by atoms with Crippen molar-refractivity contribution in [2.75, 3.05) is 13.1 Å². The molecule has 0 aliphatic carbocycles. The molecule has 3 aromatic rings. The molecule has 6 heteroatoms. The highest BCUT2D eigenvalue weighted by atomic mass is 16.4. The first-order valence-corrected chi connectivity index (χ1v) is 8.60. The smallest absolute Gasteiger partial charge is 0.337 e. The molecular formula is C20H19N3O3. The lowest BCUT2D eigenvalue weighted by molar-refractivity contribution is 0.0697. The number of pyridine rings is 2. The Morgan fingerprint density at radius 1 is 1.27 bits per heavy atom. The van der Waals surface area contributed by atoms with E-state index in [0.717, 1.165) is 43.7 Å². The quantitative estimate of drug-likeness (QED) is 0.780. The van der Waals surface area contributed by atoms with Crippen LogP contribution in [-0.2, 0) is 19.4 Å². The van der Waals surface area contributed by atoms with Crippen LogP contribution in [-0.4, -0.2) is 39.0 Å². The number of fused-ring (bicyclic) bond motifs is 1. The highest BCUT2D eigenvalue weighted by Gasteiger charge is 2.21. The van der Waals surface area contributed by atoms with Gasteiger partial charge in [-0.15, -0.1) is 0 Å². The Labute approximate surface area is 151 Å². The average Bonchev–Trinajstić information content (AvgIpc) is 3.12. The van der Waals surface area contributed by atoms with Crippen LogP contribution in [0.4, 0.5) is 0 Å². The monoisotopic (exact) mass is 349 g/mol. The Kier molecular flexibility index (Phi) is 4.50. The minimum Gasteiger partial charge on any atom is -0.478 e. The summed E-state index contributed by atoms with van der Waals surface area (Å²) in [7, 11) is 0. The Hall–Kier alpha value is -2.99. The van der Waals surface area contributed by atoms with E-state index in [1.54, 1.807) is 18.3 Å². The van der Waals surface area contributed by atoms with Crippen LogP contribution in [0.1, 0.15) is 27.2 Å². The standard InChI is InChI=1S/C20H19N3O3/c24-20(25)17-10-15-3-7-23(12-14-2-1-6-21-11-14)8-4-18(15)22-19(17)16-5-9-26-13-16/h1-2,5-6,9-11,13H,3-4,7-8,12H2,(H,24,25). The second-order valence-electron chi connectivity index (χ2n) is 6.44. The van der Waals surface area contributed by atoms with E-state index >= 15 is 0 Å². The minimum atomic E-state index is -0.965. The van der Waals surface area contributed by atoms with E-state index in [-0.39, 0.29) is 5.56 Å². The zero-order valence-corrected chi connectivity index (χ0v) is 14.3. The van der Waals surface area contributed by atoms with E-state index in [2.05, 4.69) is 16.0 Å². The predicted molar refractivity (Wildman–Crippen MR) is 95.8 cm³/mol. The van der Waals surface area contributed by atoms with Gasteiger partial charge in [0.2, 0.25) is 0 Å². The molecule has 132 valence electrons. The molecule has 0 bridgehead atoms. The zero-order chi connectivity index (χ0) is 17.9. The summed E-state index contributed by atoms with van der Waals surface area (Å²) in [6.45, 7) is 2.59. The van der Waals surface area contributed by atoms with Crippen molar-refractivity contribution in [3.63, 3.8) is 0 Å². The Balaban J connectivity index is 1.61. The normalized spacial score (nSPS) is 14.6.